The van der Waals surface area contributed by atoms with Crippen LogP contribution in [0, 0.1) is 0 Å². The summed E-state index contributed by atoms with van der Waals surface area (Å²) in [5, 5.41) is 2.86. The van der Waals surface area contributed by atoms with E-state index in [0.29, 0.717) is 36.0 Å². The number of carbonyl (C=O) groups is 1. The molecule has 0 saturated carbocycles. The Balaban J connectivity index is 1.20. The number of nitrogens with one attached hydrogen (secondary N) is 1. The standard InChI is InChI=1S/C22H20N2O4S/c25-22(24-10-11-26-18-5-8-20-21(12-18)28-15-27-20)17-3-6-19(7-4-17)29-14-16-2-1-9-23-13-16/h1-9,12-13H,10-11,14-15H2,(H,24,25). The van der Waals surface area contributed by atoms with Gasteiger partial charge in [-0.3, -0.25) is 9.78 Å². The molecule has 1 aliphatic rings. The number of hydrogen-bond donors (Lipinski definition) is 1. The highest BCUT2D eigenvalue weighted by atomic mass is 32.2. The molecule has 1 N–H and O–H groups in total. The normalized spacial score (nSPS) is 11.9. The van der Waals surface area contributed by atoms with E-state index in [4.69, 9.17) is 14.2 Å². The van der Waals surface area contributed by atoms with Crippen LogP contribution in [0.4, 0.5) is 0 Å². The van der Waals surface area contributed by atoms with E-state index in [1.165, 1.54) is 5.56 Å². The zero-order valence-corrected chi connectivity index (χ0v) is 16.5. The van der Waals surface area contributed by atoms with Crippen LogP contribution in [0.15, 0.2) is 71.9 Å². The number of ether oxygens (including phenoxy) is 3. The van der Waals surface area contributed by atoms with Crippen molar-refractivity contribution in [2.45, 2.75) is 10.6 Å². The van der Waals surface area contributed by atoms with E-state index in [9.17, 15) is 4.79 Å². The first-order valence-electron chi connectivity index (χ1n) is 9.20. The fourth-order valence-electron chi connectivity index (χ4n) is 2.75. The van der Waals surface area contributed by atoms with Gasteiger partial charge in [-0.1, -0.05) is 6.07 Å². The first-order valence-corrected chi connectivity index (χ1v) is 10.2. The molecule has 1 aliphatic heterocycles. The number of benzene rings is 2. The third-order valence-electron chi connectivity index (χ3n) is 4.25. The number of carbonyl (C=O) groups excluding carboxylic acids is 1. The molecule has 1 amide bonds. The summed E-state index contributed by atoms with van der Waals surface area (Å²) in [6, 6.07) is 17.0. The average molecular weight is 408 g/mol. The van der Waals surface area contributed by atoms with Crippen LogP contribution < -0.4 is 19.5 Å². The molecule has 148 valence electrons. The van der Waals surface area contributed by atoms with E-state index in [2.05, 4.69) is 10.3 Å². The first kappa shape index (κ1) is 19.1. The van der Waals surface area contributed by atoms with Crippen LogP contribution in [0.3, 0.4) is 0 Å². The van der Waals surface area contributed by atoms with Crippen LogP contribution in [-0.4, -0.2) is 30.8 Å². The van der Waals surface area contributed by atoms with Crippen LogP contribution in [-0.2, 0) is 5.75 Å². The summed E-state index contributed by atoms with van der Waals surface area (Å²) < 4.78 is 16.2. The molecule has 0 fully saturated rings. The third-order valence-corrected chi connectivity index (χ3v) is 5.33. The predicted octanol–water partition coefficient (Wildman–Crippen LogP) is 3.91. The van der Waals surface area contributed by atoms with Gasteiger partial charge in [0.1, 0.15) is 12.4 Å². The number of nitrogens with zero attached hydrogens (tertiary/aromatic N) is 1. The Bertz CT molecular complexity index is 964. The number of aromatic nitrogens is 1. The molecule has 0 bridgehead atoms. The smallest absolute Gasteiger partial charge is 0.251 e. The summed E-state index contributed by atoms with van der Waals surface area (Å²) in [6.07, 6.45) is 3.63. The van der Waals surface area contributed by atoms with Gasteiger partial charge in [0, 0.05) is 34.7 Å². The summed E-state index contributed by atoms with van der Waals surface area (Å²) in [6.45, 7) is 1.00. The third kappa shape index (κ3) is 5.20. The summed E-state index contributed by atoms with van der Waals surface area (Å²) in [5.41, 5.74) is 1.79. The second-order valence-corrected chi connectivity index (χ2v) is 7.34. The summed E-state index contributed by atoms with van der Waals surface area (Å²) in [4.78, 5) is 17.5. The van der Waals surface area contributed by atoms with Gasteiger partial charge in [0.15, 0.2) is 11.5 Å². The molecule has 0 radical (unpaired) electrons. The van der Waals surface area contributed by atoms with Crippen LogP contribution in [0.1, 0.15) is 15.9 Å². The summed E-state index contributed by atoms with van der Waals surface area (Å²) in [7, 11) is 0. The molecular formula is C22H20N2O4S. The molecule has 1 aromatic heterocycles. The van der Waals surface area contributed by atoms with Gasteiger partial charge in [0.05, 0.1) is 6.54 Å². The Morgan fingerprint density at radius 1 is 1.10 bits per heavy atom. The van der Waals surface area contributed by atoms with Gasteiger partial charge in [-0.15, -0.1) is 11.8 Å². The van der Waals surface area contributed by atoms with E-state index < -0.39 is 0 Å². The molecule has 2 aromatic carbocycles. The average Bonchev–Trinajstić information content (AvgIpc) is 3.24. The Hall–Kier alpha value is -3.19. The molecule has 0 aliphatic carbocycles. The maximum absolute atomic E-state index is 12.3. The van der Waals surface area contributed by atoms with Gasteiger partial charge < -0.3 is 19.5 Å². The summed E-state index contributed by atoms with van der Waals surface area (Å²) in [5.74, 6) is 2.79. The highest BCUT2D eigenvalue weighted by Gasteiger charge is 2.13. The van der Waals surface area contributed by atoms with E-state index >= 15 is 0 Å². The van der Waals surface area contributed by atoms with E-state index in [-0.39, 0.29) is 12.7 Å². The van der Waals surface area contributed by atoms with Crippen LogP contribution in [0.2, 0.25) is 0 Å². The fraction of sp³-hybridized carbons (Fsp3) is 0.182. The van der Waals surface area contributed by atoms with Crippen molar-refractivity contribution in [1.82, 2.24) is 10.3 Å². The van der Waals surface area contributed by atoms with Crippen molar-refractivity contribution in [2.24, 2.45) is 0 Å². The molecule has 6 nitrogen and oxygen atoms in total. The first-order chi connectivity index (χ1) is 14.3. The minimum absolute atomic E-state index is 0.122. The van der Waals surface area contributed by atoms with Crippen LogP contribution in [0.5, 0.6) is 17.2 Å². The molecule has 3 aromatic rings. The van der Waals surface area contributed by atoms with Gasteiger partial charge in [-0.25, -0.2) is 0 Å². The quantitative estimate of drug-likeness (QED) is 0.450. The molecule has 29 heavy (non-hydrogen) atoms. The Kier molecular flexibility index (Phi) is 6.16. The topological polar surface area (TPSA) is 69.7 Å². The minimum atomic E-state index is -0.122. The van der Waals surface area contributed by atoms with Crippen molar-refractivity contribution in [1.29, 1.82) is 0 Å². The Labute approximate surface area is 173 Å². The largest absolute Gasteiger partial charge is 0.492 e. The maximum Gasteiger partial charge on any atom is 0.251 e. The maximum atomic E-state index is 12.3. The zero-order valence-electron chi connectivity index (χ0n) is 15.7. The molecular weight excluding hydrogens is 388 g/mol. The molecule has 7 heteroatoms. The molecule has 0 atom stereocenters. The number of hydrogen-bond acceptors (Lipinski definition) is 6. The van der Waals surface area contributed by atoms with Crippen molar-refractivity contribution >= 4 is 17.7 Å². The highest BCUT2D eigenvalue weighted by Crippen LogP contribution is 2.35. The lowest BCUT2D eigenvalue weighted by Crippen LogP contribution is -2.28. The van der Waals surface area contributed by atoms with E-state index in [1.807, 2.05) is 54.7 Å². The van der Waals surface area contributed by atoms with Gasteiger partial charge in [0.25, 0.3) is 5.91 Å². The van der Waals surface area contributed by atoms with Crippen molar-refractivity contribution in [3.05, 3.63) is 78.1 Å². The molecule has 2 heterocycles. The molecule has 4 rings (SSSR count). The molecule has 0 unspecified atom stereocenters. The molecule has 0 saturated heterocycles. The second-order valence-electron chi connectivity index (χ2n) is 6.29. The Morgan fingerprint density at radius 3 is 2.79 bits per heavy atom. The van der Waals surface area contributed by atoms with Gasteiger partial charge >= 0.3 is 0 Å². The lowest BCUT2D eigenvalue weighted by atomic mass is 10.2. The summed E-state index contributed by atoms with van der Waals surface area (Å²) >= 11 is 1.71. The van der Waals surface area contributed by atoms with E-state index in [1.54, 1.807) is 24.0 Å². The number of thioether (sulfide) groups is 1. The number of fused-ring (bicyclic) bond motifs is 1. The van der Waals surface area contributed by atoms with Crippen molar-refractivity contribution < 1.29 is 19.0 Å². The zero-order chi connectivity index (χ0) is 19.9. The van der Waals surface area contributed by atoms with Crippen molar-refractivity contribution in [3.8, 4) is 17.2 Å². The van der Waals surface area contributed by atoms with E-state index in [0.717, 1.165) is 10.6 Å². The lowest BCUT2D eigenvalue weighted by molar-refractivity contribution is 0.0947. The van der Waals surface area contributed by atoms with Gasteiger partial charge in [0.2, 0.25) is 6.79 Å². The SMILES string of the molecule is O=C(NCCOc1ccc2c(c1)OCO2)c1ccc(SCc2cccnc2)cc1. The lowest BCUT2D eigenvalue weighted by Gasteiger charge is -2.09. The van der Waals surface area contributed by atoms with Crippen molar-refractivity contribution in [2.75, 3.05) is 19.9 Å². The number of pyridine rings is 1. The van der Waals surface area contributed by atoms with Crippen molar-refractivity contribution in [3.63, 3.8) is 0 Å². The predicted molar refractivity (Wildman–Crippen MR) is 111 cm³/mol. The Morgan fingerprint density at radius 2 is 1.97 bits per heavy atom. The van der Waals surface area contributed by atoms with Crippen LogP contribution >= 0.6 is 11.8 Å². The second kappa shape index (κ2) is 9.34. The fourth-order valence-corrected chi connectivity index (χ4v) is 3.59. The number of rotatable bonds is 8. The highest BCUT2D eigenvalue weighted by molar-refractivity contribution is 7.98. The number of amides is 1. The minimum Gasteiger partial charge on any atom is -0.492 e. The molecule has 0 spiro atoms. The monoisotopic (exact) mass is 408 g/mol. The van der Waals surface area contributed by atoms with Gasteiger partial charge in [-0.2, -0.15) is 0 Å². The van der Waals surface area contributed by atoms with Crippen LogP contribution in [0.25, 0.3) is 0 Å². The van der Waals surface area contributed by atoms with Gasteiger partial charge in [-0.05, 0) is 48.0 Å².